The van der Waals surface area contributed by atoms with Crippen molar-refractivity contribution in [3.63, 3.8) is 0 Å². The van der Waals surface area contributed by atoms with Gasteiger partial charge in [0.1, 0.15) is 5.75 Å². The lowest BCUT2D eigenvalue weighted by atomic mass is 10.1. The lowest BCUT2D eigenvalue weighted by Gasteiger charge is -2.15. The molecule has 0 aliphatic heterocycles. The number of nitrogens with zero attached hydrogens (tertiary/aromatic N) is 2. The number of halogens is 1. The number of pyridine rings is 1. The van der Waals surface area contributed by atoms with Gasteiger partial charge in [0.2, 0.25) is 0 Å². The van der Waals surface area contributed by atoms with Gasteiger partial charge in [0.25, 0.3) is 0 Å². The number of methoxy groups -OCH3 is 1. The maximum absolute atomic E-state index is 5.41. The SMILES string of the molecule is COc1ccc2nc3cc(Br)ccc3c(NCCCCN(C)C)c2c1. The quantitative estimate of drug-likeness (QED) is 0.450. The summed E-state index contributed by atoms with van der Waals surface area (Å²) in [6, 6.07) is 12.3. The van der Waals surface area contributed by atoms with Crippen molar-refractivity contribution >= 4 is 43.4 Å². The number of ether oxygens (including phenoxy) is 1. The molecule has 1 aromatic heterocycles. The van der Waals surface area contributed by atoms with Crippen molar-refractivity contribution in [2.24, 2.45) is 0 Å². The summed E-state index contributed by atoms with van der Waals surface area (Å²) in [5.41, 5.74) is 3.10. The van der Waals surface area contributed by atoms with Crippen molar-refractivity contribution < 1.29 is 4.74 Å². The van der Waals surface area contributed by atoms with E-state index in [-0.39, 0.29) is 0 Å². The van der Waals surface area contributed by atoms with Crippen molar-refractivity contribution in [3.8, 4) is 5.75 Å². The van der Waals surface area contributed by atoms with Crippen LogP contribution >= 0.6 is 15.9 Å². The van der Waals surface area contributed by atoms with Crippen molar-refractivity contribution in [3.05, 3.63) is 40.9 Å². The minimum absolute atomic E-state index is 0.849. The topological polar surface area (TPSA) is 37.4 Å². The van der Waals surface area contributed by atoms with Gasteiger partial charge in [-0.2, -0.15) is 0 Å². The van der Waals surface area contributed by atoms with Crippen LogP contribution in [0.5, 0.6) is 5.75 Å². The molecule has 25 heavy (non-hydrogen) atoms. The molecule has 0 saturated carbocycles. The van der Waals surface area contributed by atoms with Gasteiger partial charge in [0, 0.05) is 21.8 Å². The number of hydrogen-bond donors (Lipinski definition) is 1. The van der Waals surface area contributed by atoms with Crippen LogP contribution < -0.4 is 10.1 Å². The second-order valence-electron chi connectivity index (χ2n) is 6.47. The molecule has 1 N–H and O–H groups in total. The van der Waals surface area contributed by atoms with Gasteiger partial charge >= 0.3 is 0 Å². The largest absolute Gasteiger partial charge is 0.497 e. The van der Waals surface area contributed by atoms with Crippen LogP contribution in [0.1, 0.15) is 12.8 Å². The van der Waals surface area contributed by atoms with Gasteiger partial charge in [-0.15, -0.1) is 0 Å². The average Bonchev–Trinajstić information content (AvgIpc) is 2.59. The molecule has 4 nitrogen and oxygen atoms in total. The Hall–Kier alpha value is -1.85. The molecule has 0 unspecified atom stereocenters. The molecule has 2 aromatic carbocycles. The Labute approximate surface area is 157 Å². The van der Waals surface area contributed by atoms with Crippen LogP contribution in [-0.2, 0) is 0 Å². The van der Waals surface area contributed by atoms with Gasteiger partial charge in [0.15, 0.2) is 0 Å². The molecular formula is C20H24BrN3O. The molecule has 0 aliphatic carbocycles. The number of aromatic nitrogens is 1. The number of hydrogen-bond acceptors (Lipinski definition) is 4. The van der Waals surface area contributed by atoms with Gasteiger partial charge in [0.05, 0.1) is 23.8 Å². The Bertz CT molecular complexity index is 880. The normalized spacial score (nSPS) is 11.4. The van der Waals surface area contributed by atoms with Gasteiger partial charge in [-0.05, 0) is 69.9 Å². The highest BCUT2D eigenvalue weighted by molar-refractivity contribution is 9.10. The standard InChI is InChI=1S/C20H24BrN3O/c1-24(2)11-5-4-10-22-20-16-8-6-14(21)12-19(16)23-18-9-7-15(25-3)13-17(18)20/h6-9,12-13H,4-5,10-11H2,1-3H3,(H,22,23). The van der Waals surface area contributed by atoms with Crippen LogP contribution in [0.15, 0.2) is 40.9 Å². The van der Waals surface area contributed by atoms with Crippen LogP contribution in [0.2, 0.25) is 0 Å². The molecule has 0 aliphatic rings. The maximum Gasteiger partial charge on any atom is 0.119 e. The zero-order chi connectivity index (χ0) is 17.8. The first-order valence-electron chi connectivity index (χ1n) is 8.54. The summed E-state index contributed by atoms with van der Waals surface area (Å²) in [6.45, 7) is 2.05. The van der Waals surface area contributed by atoms with E-state index >= 15 is 0 Å². The third kappa shape index (κ3) is 4.22. The first-order valence-corrected chi connectivity index (χ1v) is 9.33. The summed E-state index contributed by atoms with van der Waals surface area (Å²) >= 11 is 3.55. The summed E-state index contributed by atoms with van der Waals surface area (Å²) < 4.78 is 6.45. The molecule has 0 fully saturated rings. The van der Waals surface area contributed by atoms with E-state index in [0.29, 0.717) is 0 Å². The third-order valence-corrected chi connectivity index (χ3v) is 4.77. The molecule has 0 saturated heterocycles. The molecule has 132 valence electrons. The monoisotopic (exact) mass is 401 g/mol. The van der Waals surface area contributed by atoms with E-state index < -0.39 is 0 Å². The predicted molar refractivity (Wildman–Crippen MR) is 110 cm³/mol. The van der Waals surface area contributed by atoms with Crippen molar-refractivity contribution in [1.82, 2.24) is 9.88 Å². The number of unbranched alkanes of at least 4 members (excludes halogenated alkanes) is 1. The van der Waals surface area contributed by atoms with E-state index in [1.165, 1.54) is 6.42 Å². The Kier molecular flexibility index (Phi) is 5.76. The second kappa shape index (κ2) is 8.02. The fraction of sp³-hybridized carbons (Fsp3) is 0.350. The summed E-state index contributed by atoms with van der Waals surface area (Å²) in [5, 5.41) is 5.88. The van der Waals surface area contributed by atoms with Gasteiger partial charge < -0.3 is 15.0 Å². The Morgan fingerprint density at radius 2 is 1.88 bits per heavy atom. The van der Waals surface area contributed by atoms with E-state index in [9.17, 15) is 0 Å². The Balaban J connectivity index is 1.98. The van der Waals surface area contributed by atoms with Crippen molar-refractivity contribution in [1.29, 1.82) is 0 Å². The number of anilines is 1. The zero-order valence-corrected chi connectivity index (χ0v) is 16.6. The smallest absolute Gasteiger partial charge is 0.119 e. The highest BCUT2D eigenvalue weighted by atomic mass is 79.9. The molecule has 0 bridgehead atoms. The van der Waals surface area contributed by atoms with Crippen LogP contribution in [0.3, 0.4) is 0 Å². The molecule has 0 radical (unpaired) electrons. The fourth-order valence-corrected chi connectivity index (χ4v) is 3.33. The number of rotatable bonds is 7. The molecule has 0 spiro atoms. The lowest BCUT2D eigenvalue weighted by molar-refractivity contribution is 0.396. The molecule has 1 heterocycles. The van der Waals surface area contributed by atoms with Crippen molar-refractivity contribution in [2.45, 2.75) is 12.8 Å². The van der Waals surface area contributed by atoms with E-state index in [4.69, 9.17) is 9.72 Å². The first kappa shape index (κ1) is 18.0. The lowest BCUT2D eigenvalue weighted by Crippen LogP contribution is -2.14. The molecule has 0 amide bonds. The summed E-state index contributed by atoms with van der Waals surface area (Å²) in [6.07, 6.45) is 2.31. The Morgan fingerprint density at radius 1 is 1.04 bits per heavy atom. The maximum atomic E-state index is 5.41. The molecular weight excluding hydrogens is 378 g/mol. The van der Waals surface area contributed by atoms with Crippen LogP contribution in [-0.4, -0.2) is 44.2 Å². The highest BCUT2D eigenvalue weighted by Gasteiger charge is 2.10. The zero-order valence-electron chi connectivity index (χ0n) is 15.0. The predicted octanol–water partition coefficient (Wildman–Crippen LogP) is 4.91. The minimum Gasteiger partial charge on any atom is -0.497 e. The van der Waals surface area contributed by atoms with Crippen LogP contribution in [0, 0.1) is 0 Å². The second-order valence-corrected chi connectivity index (χ2v) is 7.38. The van der Waals surface area contributed by atoms with Gasteiger partial charge in [-0.25, -0.2) is 4.98 Å². The number of nitrogens with one attached hydrogen (secondary N) is 1. The molecule has 3 rings (SSSR count). The van der Waals surface area contributed by atoms with Crippen LogP contribution in [0.4, 0.5) is 5.69 Å². The summed E-state index contributed by atoms with van der Waals surface area (Å²) in [4.78, 5) is 7.03. The molecule has 3 aromatic rings. The van der Waals surface area contributed by atoms with Crippen molar-refractivity contribution in [2.75, 3.05) is 39.6 Å². The van der Waals surface area contributed by atoms with Gasteiger partial charge in [-0.1, -0.05) is 15.9 Å². The number of benzene rings is 2. The highest BCUT2D eigenvalue weighted by Crippen LogP contribution is 2.34. The summed E-state index contributed by atoms with van der Waals surface area (Å²) in [7, 11) is 5.92. The van der Waals surface area contributed by atoms with E-state index in [0.717, 1.165) is 57.2 Å². The minimum atomic E-state index is 0.849. The third-order valence-electron chi connectivity index (χ3n) is 4.28. The average molecular weight is 402 g/mol. The van der Waals surface area contributed by atoms with E-state index in [1.807, 2.05) is 12.1 Å². The Morgan fingerprint density at radius 3 is 2.64 bits per heavy atom. The first-order chi connectivity index (χ1) is 12.1. The summed E-state index contributed by atoms with van der Waals surface area (Å²) in [5.74, 6) is 0.849. The van der Waals surface area contributed by atoms with E-state index in [2.05, 4.69) is 64.5 Å². The van der Waals surface area contributed by atoms with Crippen LogP contribution in [0.25, 0.3) is 21.8 Å². The number of fused-ring (bicyclic) bond motifs is 2. The van der Waals surface area contributed by atoms with E-state index in [1.54, 1.807) is 7.11 Å². The molecule has 0 atom stereocenters. The fourth-order valence-electron chi connectivity index (χ4n) is 2.98. The van der Waals surface area contributed by atoms with Gasteiger partial charge in [-0.3, -0.25) is 0 Å². The molecule has 5 heteroatoms.